The topological polar surface area (TPSA) is 43.9 Å². The minimum Gasteiger partial charge on any atom is -0.339 e. The van der Waals surface area contributed by atoms with Gasteiger partial charge in [-0.05, 0) is 5.56 Å². The number of hydrogen-bond donors (Lipinski definition) is 0. The maximum Gasteiger partial charge on any atom is 0.244 e. The lowest BCUT2D eigenvalue weighted by atomic mass is 10.0. The lowest BCUT2D eigenvalue weighted by molar-refractivity contribution is -0.142. The predicted molar refractivity (Wildman–Crippen MR) is 96.9 cm³/mol. The molecule has 2 amide bonds. The lowest BCUT2D eigenvalue weighted by Crippen LogP contribution is -2.53. The Hall–Kier alpha value is -1.53. The molecule has 0 unspecified atom stereocenters. The summed E-state index contributed by atoms with van der Waals surface area (Å²) in [6, 6.07) is 9.90. The first-order valence-electron chi connectivity index (χ1n) is 8.58. The van der Waals surface area contributed by atoms with E-state index in [1.165, 1.54) is 0 Å². The number of piperazine rings is 1. The van der Waals surface area contributed by atoms with Crippen LogP contribution < -0.4 is 0 Å². The van der Waals surface area contributed by atoms with Gasteiger partial charge in [-0.25, -0.2) is 0 Å². The van der Waals surface area contributed by atoms with Gasteiger partial charge in [0.2, 0.25) is 11.8 Å². The van der Waals surface area contributed by atoms with Crippen LogP contribution >= 0.6 is 11.8 Å². The fraction of sp³-hybridized carbons (Fsp3) is 0.556. The minimum atomic E-state index is -0.198. The van der Waals surface area contributed by atoms with Gasteiger partial charge in [0.25, 0.3) is 0 Å². The van der Waals surface area contributed by atoms with Gasteiger partial charge >= 0.3 is 0 Å². The standard InChI is InChI=1S/C18H25N3O2S/c1-15(22)19-7-9-21(10-8-19)18(23)17(16-5-3-2-4-6-16)20-11-13-24-14-12-20/h2-6,17H,7-14H2,1H3/t17-/m1/s1. The average Bonchev–Trinajstić information content (AvgIpc) is 2.64. The Balaban J connectivity index is 1.75. The van der Waals surface area contributed by atoms with Crippen LogP contribution in [0.25, 0.3) is 0 Å². The van der Waals surface area contributed by atoms with Crippen molar-refractivity contribution in [3.63, 3.8) is 0 Å². The Morgan fingerprint density at radius 3 is 2.08 bits per heavy atom. The third-order valence-corrected chi connectivity index (χ3v) is 5.74. The van der Waals surface area contributed by atoms with E-state index in [0.717, 1.165) is 30.2 Å². The van der Waals surface area contributed by atoms with Gasteiger partial charge in [0, 0.05) is 57.7 Å². The van der Waals surface area contributed by atoms with E-state index in [4.69, 9.17) is 0 Å². The minimum absolute atomic E-state index is 0.0924. The van der Waals surface area contributed by atoms with E-state index >= 15 is 0 Å². The third-order valence-electron chi connectivity index (χ3n) is 4.80. The number of thioether (sulfide) groups is 1. The normalized spacial score (nSPS) is 20.7. The van der Waals surface area contributed by atoms with Gasteiger partial charge in [-0.2, -0.15) is 11.8 Å². The predicted octanol–water partition coefficient (Wildman–Crippen LogP) is 1.47. The Morgan fingerprint density at radius 2 is 1.50 bits per heavy atom. The van der Waals surface area contributed by atoms with Crippen LogP contribution in [-0.4, -0.2) is 77.3 Å². The molecule has 0 N–H and O–H groups in total. The molecule has 0 radical (unpaired) electrons. The van der Waals surface area contributed by atoms with Crippen molar-refractivity contribution in [1.29, 1.82) is 0 Å². The van der Waals surface area contributed by atoms with Crippen LogP contribution in [0.15, 0.2) is 30.3 Å². The van der Waals surface area contributed by atoms with Gasteiger partial charge < -0.3 is 9.80 Å². The SMILES string of the molecule is CC(=O)N1CCN(C(=O)[C@@H](c2ccccc2)N2CCSCC2)CC1. The number of hydrogen-bond acceptors (Lipinski definition) is 4. The zero-order chi connectivity index (χ0) is 16.9. The number of amides is 2. The summed E-state index contributed by atoms with van der Waals surface area (Å²) in [6.07, 6.45) is 0. The van der Waals surface area contributed by atoms with E-state index in [-0.39, 0.29) is 17.9 Å². The maximum atomic E-state index is 13.2. The molecule has 1 aromatic rings. The molecule has 2 heterocycles. The molecule has 5 nitrogen and oxygen atoms in total. The Bertz CT molecular complexity index is 567. The average molecular weight is 347 g/mol. The van der Waals surface area contributed by atoms with Crippen LogP contribution in [0.3, 0.4) is 0 Å². The van der Waals surface area contributed by atoms with E-state index in [2.05, 4.69) is 17.0 Å². The van der Waals surface area contributed by atoms with E-state index in [1.54, 1.807) is 6.92 Å². The zero-order valence-corrected chi connectivity index (χ0v) is 15.0. The Kier molecular flexibility index (Phi) is 5.79. The van der Waals surface area contributed by atoms with E-state index in [9.17, 15) is 9.59 Å². The van der Waals surface area contributed by atoms with Gasteiger partial charge in [-0.15, -0.1) is 0 Å². The van der Waals surface area contributed by atoms with Crippen molar-refractivity contribution in [3.8, 4) is 0 Å². The molecule has 24 heavy (non-hydrogen) atoms. The van der Waals surface area contributed by atoms with Crippen LogP contribution in [0.4, 0.5) is 0 Å². The largest absolute Gasteiger partial charge is 0.339 e. The summed E-state index contributed by atoms with van der Waals surface area (Å²) in [5, 5.41) is 0. The number of nitrogens with zero attached hydrogens (tertiary/aromatic N) is 3. The second kappa shape index (κ2) is 8.03. The van der Waals surface area contributed by atoms with Crippen molar-refractivity contribution in [3.05, 3.63) is 35.9 Å². The van der Waals surface area contributed by atoms with E-state index < -0.39 is 0 Å². The Labute approximate surface area is 148 Å². The highest BCUT2D eigenvalue weighted by atomic mass is 32.2. The van der Waals surface area contributed by atoms with Gasteiger partial charge in [0.1, 0.15) is 6.04 Å². The fourth-order valence-corrected chi connectivity index (χ4v) is 4.33. The van der Waals surface area contributed by atoms with Crippen LogP contribution in [0.1, 0.15) is 18.5 Å². The summed E-state index contributed by atoms with van der Waals surface area (Å²) in [5.41, 5.74) is 1.07. The first-order chi connectivity index (χ1) is 11.7. The molecule has 2 fully saturated rings. The molecule has 6 heteroatoms. The second-order valence-electron chi connectivity index (χ2n) is 6.29. The molecule has 130 valence electrons. The molecule has 1 atom stereocenters. The molecule has 0 bridgehead atoms. The van der Waals surface area contributed by atoms with Gasteiger partial charge in [-0.1, -0.05) is 30.3 Å². The molecule has 0 saturated carbocycles. The first-order valence-corrected chi connectivity index (χ1v) is 9.73. The summed E-state index contributed by atoms with van der Waals surface area (Å²) in [6.45, 7) is 6.02. The zero-order valence-electron chi connectivity index (χ0n) is 14.2. The van der Waals surface area contributed by atoms with Crippen molar-refractivity contribution in [2.24, 2.45) is 0 Å². The number of carbonyl (C=O) groups is 2. The quantitative estimate of drug-likeness (QED) is 0.831. The highest BCUT2D eigenvalue weighted by Gasteiger charge is 2.33. The Morgan fingerprint density at radius 1 is 0.917 bits per heavy atom. The lowest BCUT2D eigenvalue weighted by Gasteiger charge is -2.40. The highest BCUT2D eigenvalue weighted by Crippen LogP contribution is 2.26. The molecular weight excluding hydrogens is 322 g/mol. The molecule has 0 aliphatic carbocycles. The molecule has 0 spiro atoms. The molecule has 2 saturated heterocycles. The molecule has 1 aromatic carbocycles. The molecule has 3 rings (SSSR count). The molecular formula is C18H25N3O2S. The summed E-state index contributed by atoms with van der Waals surface area (Å²) in [7, 11) is 0. The summed E-state index contributed by atoms with van der Waals surface area (Å²) < 4.78 is 0. The van der Waals surface area contributed by atoms with Crippen molar-refractivity contribution < 1.29 is 9.59 Å². The first kappa shape index (κ1) is 17.3. The van der Waals surface area contributed by atoms with Crippen molar-refractivity contribution in [2.75, 3.05) is 50.8 Å². The summed E-state index contributed by atoms with van der Waals surface area (Å²) in [5.74, 6) is 2.43. The fourth-order valence-electron chi connectivity index (χ4n) is 3.40. The van der Waals surface area contributed by atoms with E-state index in [0.29, 0.717) is 26.2 Å². The smallest absolute Gasteiger partial charge is 0.244 e. The van der Waals surface area contributed by atoms with Crippen LogP contribution in [-0.2, 0) is 9.59 Å². The van der Waals surface area contributed by atoms with Crippen molar-refractivity contribution in [2.45, 2.75) is 13.0 Å². The number of benzene rings is 1. The monoisotopic (exact) mass is 347 g/mol. The van der Waals surface area contributed by atoms with Crippen molar-refractivity contribution in [1.82, 2.24) is 14.7 Å². The highest BCUT2D eigenvalue weighted by molar-refractivity contribution is 7.99. The number of carbonyl (C=O) groups excluding carboxylic acids is 2. The molecule has 0 aromatic heterocycles. The third kappa shape index (κ3) is 3.92. The van der Waals surface area contributed by atoms with E-state index in [1.807, 2.05) is 39.8 Å². The summed E-state index contributed by atoms with van der Waals surface area (Å²) >= 11 is 1.95. The molecule has 2 aliphatic rings. The number of rotatable bonds is 3. The van der Waals surface area contributed by atoms with Gasteiger partial charge in [0.05, 0.1) is 0 Å². The van der Waals surface area contributed by atoms with Crippen LogP contribution in [0.2, 0.25) is 0 Å². The van der Waals surface area contributed by atoms with Crippen LogP contribution in [0, 0.1) is 0 Å². The summed E-state index contributed by atoms with van der Waals surface area (Å²) in [4.78, 5) is 30.8. The van der Waals surface area contributed by atoms with Gasteiger partial charge in [-0.3, -0.25) is 14.5 Å². The molecule has 2 aliphatic heterocycles. The van der Waals surface area contributed by atoms with Crippen molar-refractivity contribution >= 4 is 23.6 Å². The second-order valence-corrected chi connectivity index (χ2v) is 7.52. The maximum absolute atomic E-state index is 13.2. The van der Waals surface area contributed by atoms with Gasteiger partial charge in [0.15, 0.2) is 0 Å². The van der Waals surface area contributed by atoms with Crippen LogP contribution in [0.5, 0.6) is 0 Å².